The average molecular weight is 620 g/mol. The van der Waals surface area contributed by atoms with Gasteiger partial charge in [0.15, 0.2) is 0 Å². The zero-order valence-corrected chi connectivity index (χ0v) is 26.5. The highest BCUT2D eigenvalue weighted by Crippen LogP contribution is 2.29. The highest BCUT2D eigenvalue weighted by atomic mass is 28.3. The van der Waals surface area contributed by atoms with Crippen LogP contribution >= 0.6 is 0 Å². The second-order valence-electron chi connectivity index (χ2n) is 11.5. The van der Waals surface area contributed by atoms with Crippen molar-refractivity contribution in [1.82, 2.24) is 14.5 Å². The van der Waals surface area contributed by atoms with Gasteiger partial charge in [-0.1, -0.05) is 49.8 Å². The fourth-order valence-corrected chi connectivity index (χ4v) is 5.22. The molecule has 1 heterocycles. The molecule has 1 unspecified atom stereocenters. The van der Waals surface area contributed by atoms with Crippen molar-refractivity contribution in [2.45, 2.75) is 52.1 Å². The molecular formula is C34H36F3N3O3Si. The second-order valence-corrected chi connectivity index (χ2v) is 16.3. The van der Waals surface area contributed by atoms with Crippen LogP contribution in [-0.4, -0.2) is 48.2 Å². The molecule has 0 saturated carbocycles. The zero-order chi connectivity index (χ0) is 32.1. The Morgan fingerprint density at radius 1 is 1.02 bits per heavy atom. The van der Waals surface area contributed by atoms with Gasteiger partial charge in [0.1, 0.15) is 13.9 Å². The fraction of sp³-hybridized carbons (Fsp3) is 0.324. The minimum atomic E-state index is -4.47. The van der Waals surface area contributed by atoms with Gasteiger partial charge in [-0.25, -0.2) is 4.98 Å². The first-order chi connectivity index (χ1) is 20.8. The van der Waals surface area contributed by atoms with Gasteiger partial charge in [-0.3, -0.25) is 14.2 Å². The van der Waals surface area contributed by atoms with Crippen molar-refractivity contribution in [3.05, 3.63) is 106 Å². The first-order valence-electron chi connectivity index (χ1n) is 14.5. The first-order valence-corrected chi connectivity index (χ1v) is 18.0. The maximum absolute atomic E-state index is 13.9. The summed E-state index contributed by atoms with van der Waals surface area (Å²) in [4.78, 5) is 34.1. The number of amides is 1. The van der Waals surface area contributed by atoms with E-state index in [9.17, 15) is 22.8 Å². The van der Waals surface area contributed by atoms with Gasteiger partial charge in [-0.2, -0.15) is 13.2 Å². The maximum Gasteiger partial charge on any atom is 0.416 e. The quantitative estimate of drug-likeness (QED) is 0.117. The first kappa shape index (κ1) is 32.7. The number of fused-ring (bicyclic) bond motifs is 1. The number of carbonyl (C=O) groups is 1. The van der Waals surface area contributed by atoms with Gasteiger partial charge < -0.3 is 9.64 Å². The summed E-state index contributed by atoms with van der Waals surface area (Å²) in [6.07, 6.45) is -4.60. The number of hydrogen-bond acceptors (Lipinski definition) is 4. The van der Waals surface area contributed by atoms with Crippen LogP contribution in [-0.2, 0) is 22.1 Å². The van der Waals surface area contributed by atoms with Gasteiger partial charge in [-0.05, 0) is 67.9 Å². The Morgan fingerprint density at radius 3 is 2.30 bits per heavy atom. The van der Waals surface area contributed by atoms with Gasteiger partial charge >= 0.3 is 6.18 Å². The Kier molecular flexibility index (Phi) is 10.1. The minimum Gasteiger partial charge on any atom is -0.380 e. The molecule has 1 amide bonds. The lowest BCUT2D eigenvalue weighted by Crippen LogP contribution is -2.40. The third kappa shape index (κ3) is 8.04. The summed E-state index contributed by atoms with van der Waals surface area (Å²) in [5.41, 5.74) is 4.62. The van der Waals surface area contributed by atoms with Crippen LogP contribution in [0.1, 0.15) is 42.4 Å². The van der Waals surface area contributed by atoms with Crippen LogP contribution in [0.2, 0.25) is 19.6 Å². The van der Waals surface area contributed by atoms with Gasteiger partial charge in [0.25, 0.3) is 5.56 Å². The molecule has 1 aromatic heterocycles. The molecule has 44 heavy (non-hydrogen) atoms. The fourth-order valence-electron chi connectivity index (χ4n) is 4.70. The molecule has 4 aromatic rings. The second kappa shape index (κ2) is 13.6. The van der Waals surface area contributed by atoms with E-state index >= 15 is 0 Å². The number of rotatable bonds is 9. The van der Waals surface area contributed by atoms with Crippen molar-refractivity contribution >= 4 is 24.9 Å². The van der Waals surface area contributed by atoms with Crippen LogP contribution in [0.25, 0.3) is 16.6 Å². The molecule has 0 fully saturated rings. The SMILES string of the molecule is CCOCCN(C(=O)Cc1ccc(C(F)(F)F)cc1)C(C)c1nc2ccccc2c(=O)n1-c1ccc(C#C[Si](C)(C)C)cc1. The number of benzene rings is 3. The number of para-hydroxylation sites is 1. The van der Waals surface area contributed by atoms with Gasteiger partial charge in [0.05, 0.1) is 41.2 Å². The lowest BCUT2D eigenvalue weighted by Gasteiger charge is -2.30. The Labute approximate surface area is 256 Å². The summed E-state index contributed by atoms with van der Waals surface area (Å²) in [5.74, 6) is 3.24. The Bertz CT molecular complexity index is 1730. The normalized spacial score (nSPS) is 12.5. The van der Waals surface area contributed by atoms with Crippen LogP contribution in [0.4, 0.5) is 13.2 Å². The summed E-state index contributed by atoms with van der Waals surface area (Å²) in [6.45, 7) is 11.0. The lowest BCUT2D eigenvalue weighted by molar-refractivity contribution is -0.137. The van der Waals surface area contributed by atoms with E-state index in [4.69, 9.17) is 9.72 Å². The van der Waals surface area contributed by atoms with Crippen LogP contribution in [0.3, 0.4) is 0 Å². The third-order valence-corrected chi connectivity index (χ3v) is 7.86. The molecule has 1 atom stereocenters. The molecule has 0 saturated heterocycles. The molecule has 230 valence electrons. The van der Waals surface area contributed by atoms with Gasteiger partial charge in [-0.15, -0.1) is 5.54 Å². The summed E-state index contributed by atoms with van der Waals surface area (Å²) < 4.78 is 46.3. The van der Waals surface area contributed by atoms with E-state index in [2.05, 4.69) is 31.1 Å². The highest BCUT2D eigenvalue weighted by Gasteiger charge is 2.31. The van der Waals surface area contributed by atoms with E-state index in [0.717, 1.165) is 17.7 Å². The third-order valence-electron chi connectivity index (χ3n) is 6.99. The molecule has 10 heteroatoms. The van der Waals surface area contributed by atoms with E-state index in [1.54, 1.807) is 36.1 Å². The number of alkyl halides is 3. The molecule has 4 rings (SSSR count). The van der Waals surface area contributed by atoms with Crippen molar-refractivity contribution in [2.24, 2.45) is 0 Å². The lowest BCUT2D eigenvalue weighted by atomic mass is 10.1. The van der Waals surface area contributed by atoms with E-state index < -0.39 is 25.9 Å². The summed E-state index contributed by atoms with van der Waals surface area (Å²) >= 11 is 0. The van der Waals surface area contributed by atoms with Crippen molar-refractivity contribution in [3.8, 4) is 17.2 Å². The largest absolute Gasteiger partial charge is 0.416 e. The predicted molar refractivity (Wildman–Crippen MR) is 169 cm³/mol. The molecule has 0 aliphatic heterocycles. The molecule has 0 radical (unpaired) electrons. The van der Waals surface area contributed by atoms with Crippen molar-refractivity contribution in [1.29, 1.82) is 0 Å². The summed E-state index contributed by atoms with van der Waals surface area (Å²) in [5, 5.41) is 0.433. The molecule has 0 bridgehead atoms. The molecular weight excluding hydrogens is 583 g/mol. The van der Waals surface area contributed by atoms with Crippen molar-refractivity contribution < 1.29 is 22.7 Å². The van der Waals surface area contributed by atoms with Crippen LogP contribution in [0.15, 0.2) is 77.6 Å². The molecule has 0 aliphatic rings. The van der Waals surface area contributed by atoms with Crippen molar-refractivity contribution in [2.75, 3.05) is 19.8 Å². The van der Waals surface area contributed by atoms with Gasteiger partial charge in [0, 0.05) is 18.7 Å². The number of carbonyl (C=O) groups excluding carboxylic acids is 1. The Hall–Kier alpha value is -4.20. The van der Waals surface area contributed by atoms with Crippen LogP contribution in [0, 0.1) is 11.5 Å². The van der Waals surface area contributed by atoms with E-state index in [0.29, 0.717) is 34.6 Å². The monoisotopic (exact) mass is 619 g/mol. The summed E-state index contributed by atoms with van der Waals surface area (Å²) in [7, 11) is -1.58. The average Bonchev–Trinajstić information content (AvgIpc) is 2.98. The number of hydrogen-bond donors (Lipinski definition) is 0. The molecule has 0 spiro atoms. The van der Waals surface area contributed by atoms with Crippen molar-refractivity contribution in [3.63, 3.8) is 0 Å². The molecule has 0 aliphatic carbocycles. The molecule has 6 nitrogen and oxygen atoms in total. The standard InChI is InChI=1S/C34H36F3N3O3Si/c1-6-43-21-20-39(31(41)23-26-11-15-27(16-12-26)34(35,36)37)24(2)32-38-30-10-8-7-9-29(30)33(42)40(32)28-17-13-25(14-18-28)19-22-44(3,4)5/h7-18,24H,6,20-21,23H2,1-5H3. The van der Waals surface area contributed by atoms with E-state index in [1.165, 1.54) is 16.7 Å². The van der Waals surface area contributed by atoms with E-state index in [-0.39, 0.29) is 31.0 Å². The highest BCUT2D eigenvalue weighted by molar-refractivity contribution is 6.83. The smallest absolute Gasteiger partial charge is 0.380 e. The zero-order valence-electron chi connectivity index (χ0n) is 25.5. The Balaban J connectivity index is 1.76. The predicted octanol–water partition coefficient (Wildman–Crippen LogP) is 6.80. The molecule has 3 aromatic carbocycles. The minimum absolute atomic E-state index is 0.128. The number of aromatic nitrogens is 2. The molecule has 0 N–H and O–H groups in total. The van der Waals surface area contributed by atoms with E-state index in [1.807, 2.05) is 31.2 Å². The number of nitrogens with zero attached hydrogens (tertiary/aromatic N) is 3. The van der Waals surface area contributed by atoms with Crippen LogP contribution < -0.4 is 5.56 Å². The van der Waals surface area contributed by atoms with Crippen LogP contribution in [0.5, 0.6) is 0 Å². The maximum atomic E-state index is 13.9. The summed E-state index contributed by atoms with van der Waals surface area (Å²) in [6, 6.07) is 18.3. The number of ether oxygens (including phenoxy) is 1. The van der Waals surface area contributed by atoms with Gasteiger partial charge in [0.2, 0.25) is 5.91 Å². The number of halogens is 3. The Morgan fingerprint density at radius 2 is 1.68 bits per heavy atom. The topological polar surface area (TPSA) is 64.4 Å².